The maximum Gasteiger partial charge on any atom is 0.269 e. The Bertz CT molecular complexity index is 602. The van der Waals surface area contributed by atoms with E-state index in [0.717, 1.165) is 4.90 Å². The average molecular weight is 414 g/mol. The molecular formula is C11H8Br2F2N2O3. The predicted molar refractivity (Wildman–Crippen MR) is 75.6 cm³/mol. The molecule has 1 aromatic rings. The van der Waals surface area contributed by atoms with E-state index in [1.165, 1.54) is 18.2 Å². The summed E-state index contributed by atoms with van der Waals surface area (Å²) in [6.45, 7) is -0.0938. The normalized spacial score (nSPS) is 17.2. The first kappa shape index (κ1) is 15.3. The number of nitro benzene ring substituents is 1. The Hall–Kier alpha value is -1.09. The highest BCUT2D eigenvalue weighted by atomic mass is 79.9. The van der Waals surface area contributed by atoms with Gasteiger partial charge in [-0.2, -0.15) is 0 Å². The summed E-state index contributed by atoms with van der Waals surface area (Å²) in [5, 5.41) is 10.8. The number of anilines is 1. The fraction of sp³-hybridized carbons (Fsp3) is 0.364. The number of carbonyl (C=O) groups excluding carboxylic acids is 1. The van der Waals surface area contributed by atoms with Gasteiger partial charge in [-0.15, -0.1) is 0 Å². The van der Waals surface area contributed by atoms with E-state index in [4.69, 9.17) is 0 Å². The highest BCUT2D eigenvalue weighted by Gasteiger charge is 2.50. The van der Waals surface area contributed by atoms with Crippen LogP contribution < -0.4 is 4.90 Å². The third-order valence-corrected chi connectivity index (χ3v) is 4.30. The van der Waals surface area contributed by atoms with Crippen molar-refractivity contribution in [2.24, 2.45) is 0 Å². The number of benzene rings is 1. The summed E-state index contributed by atoms with van der Waals surface area (Å²) in [5.74, 6) is -3.72. The van der Waals surface area contributed by atoms with Crippen LogP contribution in [0.4, 0.5) is 20.2 Å². The molecule has 0 saturated carbocycles. The van der Waals surface area contributed by atoms with Crippen molar-refractivity contribution in [1.29, 1.82) is 0 Å². The van der Waals surface area contributed by atoms with Gasteiger partial charge < -0.3 is 4.90 Å². The minimum absolute atomic E-state index is 0.218. The van der Waals surface area contributed by atoms with Crippen molar-refractivity contribution in [2.45, 2.75) is 16.1 Å². The van der Waals surface area contributed by atoms with Crippen LogP contribution in [0, 0.1) is 10.1 Å². The molecule has 0 fully saturated rings. The molecule has 0 bridgehead atoms. The SMILES string of the molecule is CC(F)(F)CN1C(=O)C(Br)(Br)c2cc([N+](=O)[O-])ccc21. The Morgan fingerprint density at radius 1 is 1.45 bits per heavy atom. The number of nitro groups is 1. The zero-order valence-electron chi connectivity index (χ0n) is 10.1. The van der Waals surface area contributed by atoms with Crippen LogP contribution in [0.1, 0.15) is 12.5 Å². The molecule has 0 radical (unpaired) electrons. The minimum Gasteiger partial charge on any atom is -0.304 e. The van der Waals surface area contributed by atoms with Crippen molar-refractivity contribution in [2.75, 3.05) is 11.4 Å². The topological polar surface area (TPSA) is 63.5 Å². The Kier molecular flexibility index (Phi) is 3.62. The fourth-order valence-corrected chi connectivity index (χ4v) is 3.02. The number of hydrogen-bond donors (Lipinski definition) is 0. The zero-order valence-corrected chi connectivity index (χ0v) is 13.2. The summed E-state index contributed by atoms with van der Waals surface area (Å²) in [6.07, 6.45) is 0. The first-order valence-corrected chi connectivity index (χ1v) is 6.99. The number of non-ortho nitro benzene ring substituents is 1. The largest absolute Gasteiger partial charge is 0.304 e. The van der Waals surface area contributed by atoms with Gasteiger partial charge in [-0.25, -0.2) is 8.78 Å². The molecule has 0 atom stereocenters. The molecule has 2 rings (SSSR count). The van der Waals surface area contributed by atoms with Crippen LogP contribution in [0.15, 0.2) is 18.2 Å². The minimum atomic E-state index is -3.07. The van der Waals surface area contributed by atoms with Gasteiger partial charge in [-0.1, -0.05) is 31.9 Å². The molecule has 0 unspecified atom stereocenters. The molecule has 0 saturated heterocycles. The first-order valence-electron chi connectivity index (χ1n) is 5.40. The number of rotatable bonds is 3. The van der Waals surface area contributed by atoms with Gasteiger partial charge in [0.2, 0.25) is 0 Å². The smallest absolute Gasteiger partial charge is 0.269 e. The van der Waals surface area contributed by atoms with E-state index in [9.17, 15) is 23.7 Å². The molecule has 5 nitrogen and oxygen atoms in total. The number of halogens is 4. The van der Waals surface area contributed by atoms with E-state index >= 15 is 0 Å². The second-order valence-corrected chi connectivity index (χ2v) is 7.94. The maximum atomic E-state index is 13.2. The number of hydrogen-bond acceptors (Lipinski definition) is 3. The molecule has 1 heterocycles. The van der Waals surface area contributed by atoms with E-state index in [2.05, 4.69) is 31.9 Å². The lowest BCUT2D eigenvalue weighted by atomic mass is 10.1. The van der Waals surface area contributed by atoms with Gasteiger partial charge >= 0.3 is 0 Å². The van der Waals surface area contributed by atoms with Gasteiger partial charge in [0, 0.05) is 24.6 Å². The molecule has 1 aliphatic rings. The lowest BCUT2D eigenvalue weighted by Crippen LogP contribution is -2.40. The summed E-state index contributed by atoms with van der Waals surface area (Å²) in [6, 6.07) is 3.65. The monoisotopic (exact) mass is 412 g/mol. The van der Waals surface area contributed by atoms with Crippen LogP contribution in [-0.2, 0) is 8.03 Å². The van der Waals surface area contributed by atoms with Gasteiger partial charge in [0.15, 0.2) is 3.23 Å². The Morgan fingerprint density at radius 2 is 2.05 bits per heavy atom. The molecule has 1 aliphatic heterocycles. The molecule has 0 aromatic heterocycles. The Morgan fingerprint density at radius 3 is 2.55 bits per heavy atom. The van der Waals surface area contributed by atoms with Crippen molar-refractivity contribution in [3.8, 4) is 0 Å². The number of carbonyl (C=O) groups is 1. The lowest BCUT2D eigenvalue weighted by molar-refractivity contribution is -0.384. The predicted octanol–water partition coefficient (Wildman–Crippen LogP) is 3.54. The summed E-state index contributed by atoms with van der Waals surface area (Å²) in [4.78, 5) is 23.2. The van der Waals surface area contributed by atoms with Crippen LogP contribution in [0.3, 0.4) is 0 Å². The zero-order chi connectivity index (χ0) is 15.3. The molecule has 1 aromatic carbocycles. The molecule has 0 aliphatic carbocycles. The standard InChI is InChI=1S/C11H8Br2F2N2O3/c1-10(14,15)5-16-8-3-2-6(17(19)20)4-7(8)11(12,13)9(16)18/h2-4H,5H2,1H3. The van der Waals surface area contributed by atoms with Gasteiger partial charge in [0.25, 0.3) is 17.5 Å². The molecule has 1 amide bonds. The van der Waals surface area contributed by atoms with Crippen molar-refractivity contribution < 1.29 is 18.5 Å². The Balaban J connectivity index is 2.54. The molecule has 20 heavy (non-hydrogen) atoms. The summed E-state index contributed by atoms with van der Waals surface area (Å²) < 4.78 is 24.9. The van der Waals surface area contributed by atoms with Crippen molar-refractivity contribution in [3.05, 3.63) is 33.9 Å². The fourth-order valence-electron chi connectivity index (χ4n) is 1.95. The Labute approximate surface area is 129 Å². The molecule has 0 spiro atoms. The van der Waals surface area contributed by atoms with Crippen LogP contribution in [0.25, 0.3) is 0 Å². The second kappa shape index (κ2) is 4.73. The highest BCUT2D eigenvalue weighted by molar-refractivity contribution is 9.25. The number of nitrogens with zero attached hydrogens (tertiary/aromatic N) is 2. The van der Waals surface area contributed by atoms with Crippen molar-refractivity contribution in [3.63, 3.8) is 0 Å². The van der Waals surface area contributed by atoms with E-state index in [1.54, 1.807) is 0 Å². The van der Waals surface area contributed by atoms with Gasteiger partial charge in [0.05, 0.1) is 17.2 Å². The van der Waals surface area contributed by atoms with Gasteiger partial charge in [-0.05, 0) is 6.07 Å². The van der Waals surface area contributed by atoms with E-state index in [1.807, 2.05) is 0 Å². The molecule has 9 heteroatoms. The highest BCUT2D eigenvalue weighted by Crippen LogP contribution is 2.51. The number of amides is 1. The second-order valence-electron chi connectivity index (χ2n) is 4.49. The van der Waals surface area contributed by atoms with Crippen LogP contribution >= 0.6 is 31.9 Å². The first-order chi connectivity index (χ1) is 9.04. The van der Waals surface area contributed by atoms with Gasteiger partial charge in [-0.3, -0.25) is 14.9 Å². The summed E-state index contributed by atoms with van der Waals surface area (Å²) >= 11 is 6.19. The lowest BCUT2D eigenvalue weighted by Gasteiger charge is -2.22. The number of fused-ring (bicyclic) bond motifs is 1. The molecular weight excluding hydrogens is 406 g/mol. The number of alkyl halides is 4. The van der Waals surface area contributed by atoms with E-state index in [0.29, 0.717) is 6.92 Å². The average Bonchev–Trinajstić information content (AvgIpc) is 2.49. The van der Waals surface area contributed by atoms with Crippen LogP contribution in [0.2, 0.25) is 0 Å². The van der Waals surface area contributed by atoms with E-state index < -0.39 is 26.5 Å². The van der Waals surface area contributed by atoms with Crippen molar-refractivity contribution in [1.82, 2.24) is 0 Å². The summed E-state index contributed by atoms with van der Waals surface area (Å²) in [5.41, 5.74) is 0.238. The van der Waals surface area contributed by atoms with Gasteiger partial charge in [0.1, 0.15) is 0 Å². The maximum absolute atomic E-state index is 13.2. The third-order valence-electron chi connectivity index (χ3n) is 2.77. The quantitative estimate of drug-likeness (QED) is 0.432. The van der Waals surface area contributed by atoms with Crippen LogP contribution in [-0.4, -0.2) is 23.3 Å². The molecule has 108 valence electrons. The third kappa shape index (κ3) is 2.56. The van der Waals surface area contributed by atoms with Crippen molar-refractivity contribution >= 4 is 49.1 Å². The summed E-state index contributed by atoms with van der Waals surface area (Å²) in [7, 11) is 0. The van der Waals surface area contributed by atoms with Crippen LogP contribution in [0.5, 0.6) is 0 Å². The molecule has 0 N–H and O–H groups in total. The van der Waals surface area contributed by atoms with E-state index in [-0.39, 0.29) is 16.9 Å².